The average Bonchev–Trinajstić information content (AvgIpc) is 3.59. The number of para-hydroxylation sites is 1. The lowest BCUT2D eigenvalue weighted by molar-refractivity contribution is -0.147. The normalized spacial score (nSPS) is 26.9. The number of anilines is 1. The molecule has 2 unspecified atom stereocenters. The summed E-state index contributed by atoms with van der Waals surface area (Å²) in [6.45, 7) is 11.5. The van der Waals surface area contributed by atoms with Crippen LogP contribution in [0.15, 0.2) is 55.6 Å². The molecule has 1 aromatic rings. The minimum absolute atomic E-state index is 0.0160. The second kappa shape index (κ2) is 12.9. The summed E-state index contributed by atoms with van der Waals surface area (Å²) in [4.78, 5) is 47.6. The fraction of sp³-hybridized carbons (Fsp3) is 0.581. The number of carbonyl (C=O) groups excluding carboxylic acids is 3. The van der Waals surface area contributed by atoms with Crippen LogP contribution in [0.5, 0.6) is 0 Å². The third kappa shape index (κ3) is 5.41. The summed E-state index contributed by atoms with van der Waals surface area (Å²) in [5, 5.41) is 9.39. The van der Waals surface area contributed by atoms with Crippen molar-refractivity contribution in [2.75, 3.05) is 37.7 Å². The summed E-state index contributed by atoms with van der Waals surface area (Å²) in [5.41, 5.74) is -0.288. The lowest BCUT2D eigenvalue weighted by Crippen LogP contribution is -2.56. The molecule has 2 bridgehead atoms. The molecule has 3 amide bonds. The largest absolute Gasteiger partial charge is 0.396 e. The molecule has 0 radical (unpaired) electrons. The zero-order valence-corrected chi connectivity index (χ0v) is 23.2. The van der Waals surface area contributed by atoms with Gasteiger partial charge in [-0.15, -0.1) is 13.2 Å². The molecule has 3 fully saturated rings. The molecule has 8 heteroatoms. The molecule has 1 N–H and O–H groups in total. The van der Waals surface area contributed by atoms with Crippen molar-refractivity contribution in [1.29, 1.82) is 0 Å². The summed E-state index contributed by atoms with van der Waals surface area (Å²) in [6, 6.07) is 8.61. The Bertz CT molecular complexity index is 1050. The molecule has 3 heterocycles. The number of rotatable bonds is 15. The van der Waals surface area contributed by atoms with Crippen molar-refractivity contribution in [3.05, 3.63) is 55.6 Å². The van der Waals surface area contributed by atoms with Crippen LogP contribution in [0, 0.1) is 11.8 Å². The maximum atomic E-state index is 14.2. The highest BCUT2D eigenvalue weighted by atomic mass is 16.5. The van der Waals surface area contributed by atoms with Gasteiger partial charge in [0.1, 0.15) is 11.6 Å². The number of likely N-dealkylation sites (tertiary alicyclic amines) is 1. The van der Waals surface area contributed by atoms with E-state index in [2.05, 4.69) is 20.1 Å². The van der Waals surface area contributed by atoms with Gasteiger partial charge in [-0.05, 0) is 44.2 Å². The highest BCUT2D eigenvalue weighted by Gasteiger charge is 2.74. The molecule has 1 spiro atoms. The molecular weight excluding hydrogens is 494 g/mol. The van der Waals surface area contributed by atoms with E-state index in [1.54, 1.807) is 26.9 Å². The van der Waals surface area contributed by atoms with Crippen LogP contribution >= 0.6 is 0 Å². The van der Waals surface area contributed by atoms with Crippen LogP contribution in [-0.4, -0.2) is 83.2 Å². The van der Waals surface area contributed by atoms with Crippen molar-refractivity contribution in [3.8, 4) is 0 Å². The summed E-state index contributed by atoms with van der Waals surface area (Å²) < 4.78 is 6.62. The molecular formula is C31H43N3O5. The fourth-order valence-electron chi connectivity index (χ4n) is 6.76. The molecule has 3 aliphatic rings. The Morgan fingerprint density at radius 2 is 1.85 bits per heavy atom. The lowest BCUT2D eigenvalue weighted by atomic mass is 9.70. The van der Waals surface area contributed by atoms with Gasteiger partial charge >= 0.3 is 0 Å². The van der Waals surface area contributed by atoms with Crippen LogP contribution in [0.4, 0.5) is 5.69 Å². The van der Waals surface area contributed by atoms with Crippen molar-refractivity contribution in [2.24, 2.45) is 11.8 Å². The Balaban J connectivity index is 1.69. The molecule has 1 aromatic carbocycles. The van der Waals surface area contributed by atoms with E-state index in [0.29, 0.717) is 51.9 Å². The predicted molar refractivity (Wildman–Crippen MR) is 151 cm³/mol. The van der Waals surface area contributed by atoms with Gasteiger partial charge in [0, 0.05) is 38.5 Å². The number of carbonyl (C=O) groups is 3. The highest BCUT2D eigenvalue weighted by Crippen LogP contribution is 2.59. The summed E-state index contributed by atoms with van der Waals surface area (Å²) in [6.07, 6.45) is 8.20. The molecule has 212 valence electrons. The van der Waals surface area contributed by atoms with Crippen molar-refractivity contribution in [1.82, 2.24) is 9.80 Å². The third-order valence-electron chi connectivity index (χ3n) is 8.46. The summed E-state index contributed by atoms with van der Waals surface area (Å²) in [5.74, 6) is -1.88. The molecule has 39 heavy (non-hydrogen) atoms. The van der Waals surface area contributed by atoms with Gasteiger partial charge in [0.2, 0.25) is 17.7 Å². The van der Waals surface area contributed by atoms with Gasteiger partial charge in [-0.1, -0.05) is 50.1 Å². The fourth-order valence-corrected chi connectivity index (χ4v) is 6.76. The second-order valence-electron chi connectivity index (χ2n) is 10.9. The van der Waals surface area contributed by atoms with Crippen LogP contribution in [0.25, 0.3) is 0 Å². The van der Waals surface area contributed by atoms with E-state index >= 15 is 0 Å². The average molecular weight is 538 g/mol. The highest BCUT2D eigenvalue weighted by molar-refractivity contribution is 6.03. The third-order valence-corrected chi connectivity index (χ3v) is 8.46. The SMILES string of the molecule is C=CCN(CCCCC)C(=O)C1N(CCCCO)C(=O)[C@@H]2[C@H](C(=O)N(CC=C)c3ccccc3)[C@@H]3CCC12O3. The van der Waals surface area contributed by atoms with Gasteiger partial charge in [0.25, 0.3) is 0 Å². The number of nitrogens with zero attached hydrogens (tertiary/aromatic N) is 3. The van der Waals surface area contributed by atoms with Gasteiger partial charge in [-0.3, -0.25) is 14.4 Å². The smallest absolute Gasteiger partial charge is 0.248 e. The molecule has 4 rings (SSSR count). The van der Waals surface area contributed by atoms with Crippen LogP contribution < -0.4 is 4.90 Å². The molecule has 3 aliphatic heterocycles. The number of ether oxygens (including phenoxy) is 1. The topological polar surface area (TPSA) is 90.4 Å². The number of benzene rings is 1. The van der Waals surface area contributed by atoms with E-state index in [1.807, 2.05) is 30.3 Å². The zero-order valence-electron chi connectivity index (χ0n) is 23.2. The monoisotopic (exact) mass is 537 g/mol. The van der Waals surface area contributed by atoms with E-state index in [-0.39, 0.29) is 24.3 Å². The van der Waals surface area contributed by atoms with Gasteiger partial charge in [0.05, 0.1) is 17.9 Å². The first-order valence-corrected chi connectivity index (χ1v) is 14.4. The number of hydrogen-bond donors (Lipinski definition) is 1. The first-order valence-electron chi connectivity index (χ1n) is 14.4. The summed E-state index contributed by atoms with van der Waals surface area (Å²) >= 11 is 0. The number of aliphatic hydroxyl groups is 1. The predicted octanol–water partition coefficient (Wildman–Crippen LogP) is 3.56. The minimum atomic E-state index is -1.03. The number of unbranched alkanes of at least 4 members (excludes halogenated alkanes) is 3. The Kier molecular flexibility index (Phi) is 9.62. The maximum absolute atomic E-state index is 14.2. The molecule has 0 aromatic heterocycles. The Hall–Kier alpha value is -2.97. The van der Waals surface area contributed by atoms with Crippen molar-refractivity contribution in [3.63, 3.8) is 0 Å². The van der Waals surface area contributed by atoms with Gasteiger partial charge in [-0.25, -0.2) is 0 Å². The van der Waals surface area contributed by atoms with E-state index < -0.39 is 29.6 Å². The second-order valence-corrected chi connectivity index (χ2v) is 10.9. The number of hydrogen-bond acceptors (Lipinski definition) is 5. The number of fused-ring (bicyclic) bond motifs is 1. The van der Waals surface area contributed by atoms with E-state index in [4.69, 9.17) is 4.74 Å². The van der Waals surface area contributed by atoms with Gasteiger partial charge < -0.3 is 24.5 Å². The molecule has 8 nitrogen and oxygen atoms in total. The van der Waals surface area contributed by atoms with Crippen molar-refractivity contribution >= 4 is 23.4 Å². The van der Waals surface area contributed by atoms with Gasteiger partial charge in [0.15, 0.2) is 0 Å². The van der Waals surface area contributed by atoms with Crippen LogP contribution in [0.2, 0.25) is 0 Å². The Morgan fingerprint density at radius 3 is 2.51 bits per heavy atom. The quantitative estimate of drug-likeness (QED) is 0.273. The van der Waals surface area contributed by atoms with E-state index in [9.17, 15) is 19.5 Å². The molecule has 0 saturated carbocycles. The molecule has 5 atom stereocenters. The van der Waals surface area contributed by atoms with E-state index in [0.717, 1.165) is 24.9 Å². The van der Waals surface area contributed by atoms with Gasteiger partial charge in [-0.2, -0.15) is 0 Å². The number of aliphatic hydroxyl groups excluding tert-OH is 1. The van der Waals surface area contributed by atoms with Crippen molar-refractivity contribution in [2.45, 2.75) is 69.6 Å². The summed E-state index contributed by atoms with van der Waals surface area (Å²) in [7, 11) is 0. The van der Waals surface area contributed by atoms with Crippen LogP contribution in [-0.2, 0) is 19.1 Å². The minimum Gasteiger partial charge on any atom is -0.396 e. The zero-order chi connectivity index (χ0) is 28.0. The first-order chi connectivity index (χ1) is 18.9. The standard InChI is InChI=1S/C31H43N3O5/c1-4-7-11-20-32(18-5-2)30(38)27-31-17-16-24(39-31)25(26(31)29(37)34(27)21-12-13-22-35)28(36)33(19-6-3)23-14-9-8-10-15-23/h5-6,8-10,14-15,24-27,35H,2-4,7,11-13,16-22H2,1H3/t24-,25+,26-,27?,31?/m0/s1. The first kappa shape index (κ1) is 29.0. The lowest BCUT2D eigenvalue weighted by Gasteiger charge is -2.37. The molecule has 3 saturated heterocycles. The van der Waals surface area contributed by atoms with Crippen LogP contribution in [0.3, 0.4) is 0 Å². The Labute approximate surface area is 232 Å². The van der Waals surface area contributed by atoms with Crippen LogP contribution in [0.1, 0.15) is 51.9 Å². The number of amides is 3. The Morgan fingerprint density at radius 1 is 1.10 bits per heavy atom. The van der Waals surface area contributed by atoms with E-state index in [1.165, 1.54) is 0 Å². The van der Waals surface area contributed by atoms with Crippen molar-refractivity contribution < 1.29 is 24.2 Å². The molecule has 0 aliphatic carbocycles. The maximum Gasteiger partial charge on any atom is 0.248 e.